The number of esters is 1. The molecule has 4 atom stereocenters. The monoisotopic (exact) mass is 927 g/mol. The summed E-state index contributed by atoms with van der Waals surface area (Å²) in [4.78, 5) is 103. The lowest BCUT2D eigenvalue weighted by Crippen LogP contribution is -2.59. The van der Waals surface area contributed by atoms with Gasteiger partial charge in [0.15, 0.2) is 0 Å². The summed E-state index contributed by atoms with van der Waals surface area (Å²) >= 11 is 1.26. The quantitative estimate of drug-likeness (QED) is 0.0334. The average molecular weight is 928 g/mol. The Morgan fingerprint density at radius 3 is 1.70 bits per heavy atom. The van der Waals surface area contributed by atoms with Crippen LogP contribution in [0.1, 0.15) is 55.9 Å². The van der Waals surface area contributed by atoms with Gasteiger partial charge in [0, 0.05) is 30.1 Å². The number of carbonyl (C=O) groups is 7. The first-order valence-electron chi connectivity index (χ1n) is 20.6. The van der Waals surface area contributed by atoms with Crippen LogP contribution >= 0.6 is 11.8 Å². The summed E-state index contributed by atoms with van der Waals surface area (Å²) in [6.45, 7) is 4.71. The van der Waals surface area contributed by atoms with Gasteiger partial charge in [-0.3, -0.25) is 34.1 Å². The van der Waals surface area contributed by atoms with Crippen molar-refractivity contribution in [2.45, 2.75) is 88.8 Å². The molecule has 0 saturated heterocycles. The number of primary amides is 2. The maximum absolute atomic E-state index is 14.4. The first-order chi connectivity index (χ1) is 31.3. The molecule has 19 nitrogen and oxygen atoms in total. The second-order valence-corrected chi connectivity index (χ2v) is 16.9. The zero-order valence-corrected chi connectivity index (χ0v) is 37.4. The van der Waals surface area contributed by atoms with E-state index in [9.17, 15) is 43.7 Å². The van der Waals surface area contributed by atoms with Gasteiger partial charge < -0.3 is 46.9 Å². The van der Waals surface area contributed by atoms with Gasteiger partial charge in [0.2, 0.25) is 29.5 Å². The van der Waals surface area contributed by atoms with Crippen molar-refractivity contribution in [1.82, 2.24) is 21.3 Å². The molecule has 6 amide bonds. The van der Waals surface area contributed by atoms with E-state index >= 15 is 0 Å². The summed E-state index contributed by atoms with van der Waals surface area (Å²) in [6, 6.07) is 24.5. The molecule has 0 unspecified atom stereocenters. The van der Waals surface area contributed by atoms with Crippen molar-refractivity contribution in [2.75, 3.05) is 5.75 Å². The number of benzene rings is 4. The Morgan fingerprint density at radius 1 is 0.621 bits per heavy atom. The number of nitrogens with one attached hydrogen (secondary N) is 4. The minimum absolute atomic E-state index is 0.0772. The molecule has 0 fully saturated rings. The molecular formula is C46H53N7O12S. The number of hydrogen-bond donors (Lipinski definition) is 6. The van der Waals surface area contributed by atoms with Gasteiger partial charge in [-0.15, -0.1) is 0 Å². The van der Waals surface area contributed by atoms with Gasteiger partial charge in [0.25, 0.3) is 5.69 Å². The van der Waals surface area contributed by atoms with E-state index < -0.39 is 89.1 Å². The molecule has 350 valence electrons. The summed E-state index contributed by atoms with van der Waals surface area (Å²) in [7, 11) is 0. The Hall–Kier alpha value is -7.48. The Labute approximate surface area is 385 Å². The van der Waals surface area contributed by atoms with Crippen molar-refractivity contribution >= 4 is 59.0 Å². The number of amides is 6. The smallest absolute Gasteiger partial charge is 0.408 e. The molecule has 4 aromatic carbocycles. The van der Waals surface area contributed by atoms with E-state index in [1.54, 1.807) is 45.0 Å². The fourth-order valence-corrected chi connectivity index (χ4v) is 7.02. The molecule has 20 heteroatoms. The number of carbonyl (C=O) groups excluding carboxylic acids is 7. The van der Waals surface area contributed by atoms with E-state index in [-0.39, 0.29) is 31.1 Å². The lowest BCUT2D eigenvalue weighted by atomic mass is 10.0. The first kappa shape index (κ1) is 51.2. The van der Waals surface area contributed by atoms with Crippen molar-refractivity contribution in [2.24, 2.45) is 11.5 Å². The molecule has 4 aromatic rings. The van der Waals surface area contributed by atoms with Crippen molar-refractivity contribution in [1.29, 1.82) is 0 Å². The molecule has 4 rings (SSSR count). The van der Waals surface area contributed by atoms with Crippen LogP contribution < -0.4 is 37.5 Å². The molecule has 0 aromatic heterocycles. The van der Waals surface area contributed by atoms with Crippen LogP contribution in [0.15, 0.2) is 109 Å². The number of nitrogens with zero attached hydrogens (tertiary/aromatic N) is 1. The molecule has 0 aliphatic heterocycles. The highest BCUT2D eigenvalue weighted by atomic mass is 32.2. The number of ether oxygens (including phenoxy) is 3. The van der Waals surface area contributed by atoms with Crippen LogP contribution in [0.4, 0.5) is 10.5 Å². The summed E-state index contributed by atoms with van der Waals surface area (Å²) in [5.41, 5.74) is 12.5. The SMILES string of the molecule is CC(C)(C)OC(=O)N[C@@H](CC(N)=O)C(=O)N[C@@H](Cc1ccc(OCc2ccccc2)cc1)C(=O)N[C@@H](CSCc1ccccc1)C(=O)N[C@@H](CC(N)=O)C(=O)OCc1ccc([N+](=O)[O-])cc1. The van der Waals surface area contributed by atoms with Gasteiger partial charge in [0.1, 0.15) is 48.7 Å². The molecule has 0 saturated carbocycles. The molecular weight excluding hydrogens is 875 g/mol. The number of non-ortho nitro benzene ring substituents is 1. The van der Waals surface area contributed by atoms with Crippen LogP contribution in [-0.4, -0.2) is 82.0 Å². The van der Waals surface area contributed by atoms with Gasteiger partial charge in [-0.25, -0.2) is 9.59 Å². The largest absolute Gasteiger partial charge is 0.489 e. The van der Waals surface area contributed by atoms with Crippen LogP contribution in [0, 0.1) is 10.1 Å². The third kappa shape index (κ3) is 18.3. The highest BCUT2D eigenvalue weighted by molar-refractivity contribution is 7.98. The highest BCUT2D eigenvalue weighted by Crippen LogP contribution is 2.18. The van der Waals surface area contributed by atoms with Crippen LogP contribution in [-0.2, 0) is 63.6 Å². The van der Waals surface area contributed by atoms with Crippen molar-refractivity contribution in [3.05, 3.63) is 142 Å². The number of thioether (sulfide) groups is 1. The molecule has 0 aliphatic rings. The van der Waals surface area contributed by atoms with Crippen molar-refractivity contribution in [3.63, 3.8) is 0 Å². The third-order valence-electron chi connectivity index (χ3n) is 9.22. The lowest BCUT2D eigenvalue weighted by molar-refractivity contribution is -0.384. The zero-order valence-electron chi connectivity index (χ0n) is 36.6. The number of nitro benzene ring substituents is 1. The predicted octanol–water partition coefficient (Wildman–Crippen LogP) is 3.49. The van der Waals surface area contributed by atoms with Gasteiger partial charge in [0.05, 0.1) is 17.8 Å². The fourth-order valence-electron chi connectivity index (χ4n) is 6.00. The summed E-state index contributed by atoms with van der Waals surface area (Å²) in [5.74, 6) is -4.89. The van der Waals surface area contributed by atoms with Gasteiger partial charge in [-0.1, -0.05) is 72.8 Å². The third-order valence-corrected chi connectivity index (χ3v) is 10.3. The maximum Gasteiger partial charge on any atom is 0.408 e. The minimum atomic E-state index is -1.61. The Balaban J connectivity index is 1.60. The minimum Gasteiger partial charge on any atom is -0.489 e. The molecule has 0 aliphatic carbocycles. The number of rotatable bonds is 24. The summed E-state index contributed by atoms with van der Waals surface area (Å²) in [5, 5.41) is 21.1. The topological polar surface area (TPSA) is 290 Å². The lowest BCUT2D eigenvalue weighted by Gasteiger charge is -2.27. The Kier molecular flexibility index (Phi) is 19.5. The van der Waals surface area contributed by atoms with E-state index in [4.69, 9.17) is 25.7 Å². The normalized spacial score (nSPS) is 12.8. The maximum atomic E-state index is 14.4. The Bertz CT molecular complexity index is 2290. The highest BCUT2D eigenvalue weighted by Gasteiger charge is 2.34. The van der Waals surface area contributed by atoms with E-state index in [1.807, 2.05) is 60.7 Å². The van der Waals surface area contributed by atoms with Gasteiger partial charge in [-0.05, 0) is 67.3 Å². The molecule has 66 heavy (non-hydrogen) atoms. The van der Waals surface area contributed by atoms with Crippen LogP contribution in [0.2, 0.25) is 0 Å². The Morgan fingerprint density at radius 2 is 1.12 bits per heavy atom. The van der Waals surface area contributed by atoms with Gasteiger partial charge in [-0.2, -0.15) is 11.8 Å². The van der Waals surface area contributed by atoms with E-state index in [0.717, 1.165) is 11.1 Å². The van der Waals surface area contributed by atoms with Gasteiger partial charge >= 0.3 is 12.1 Å². The molecule has 0 radical (unpaired) electrons. The second-order valence-electron chi connectivity index (χ2n) is 15.9. The van der Waals surface area contributed by atoms with Crippen molar-refractivity contribution < 1.29 is 52.7 Å². The molecule has 0 bridgehead atoms. The number of nitro groups is 1. The number of alkyl carbamates (subject to hydrolysis) is 1. The van der Waals surface area contributed by atoms with E-state index in [2.05, 4.69) is 21.3 Å². The molecule has 0 spiro atoms. The average Bonchev–Trinajstić information content (AvgIpc) is 3.26. The second kappa shape index (κ2) is 25.1. The zero-order chi connectivity index (χ0) is 48.2. The fraction of sp³-hybridized carbons (Fsp3) is 0.326. The van der Waals surface area contributed by atoms with E-state index in [1.165, 1.54) is 36.0 Å². The van der Waals surface area contributed by atoms with Crippen molar-refractivity contribution in [3.8, 4) is 5.75 Å². The molecule has 8 N–H and O–H groups in total. The summed E-state index contributed by atoms with van der Waals surface area (Å²) < 4.78 is 16.5. The summed E-state index contributed by atoms with van der Waals surface area (Å²) in [6.07, 6.45) is -2.54. The number of nitrogens with two attached hydrogens (primary N) is 2. The van der Waals surface area contributed by atoms with Crippen LogP contribution in [0.5, 0.6) is 5.75 Å². The van der Waals surface area contributed by atoms with Crippen LogP contribution in [0.25, 0.3) is 0 Å². The van der Waals surface area contributed by atoms with Crippen LogP contribution in [0.3, 0.4) is 0 Å². The molecule has 0 heterocycles. The first-order valence-corrected chi connectivity index (χ1v) is 21.7. The van der Waals surface area contributed by atoms with E-state index in [0.29, 0.717) is 22.6 Å². The number of hydrogen-bond acceptors (Lipinski definition) is 13. The standard InChI is InChI=1S/C46H53N7O12S/c1-46(2,3)65-45(60)52-36(23-39(47)54)42(57)49-35(22-29-16-20-34(21-17-29)63-25-30-10-6-4-7-11-30)41(56)51-38(28-66-27-32-12-8-5-9-13-32)43(58)50-37(24-40(48)55)44(59)64-26-31-14-18-33(19-15-31)53(61)62/h4-21,35-38H,22-28H2,1-3H3,(H2,47,54)(H2,48,55)(H,49,57)(H,50,58)(H,51,56)(H,52,60)/t35-,36-,37-,38-/m0/s1. The predicted molar refractivity (Wildman–Crippen MR) is 243 cm³/mol.